The van der Waals surface area contributed by atoms with Crippen LogP contribution < -0.4 is 0 Å². The molecule has 0 aliphatic rings. The molecule has 0 atom stereocenters. The standard InChI is InChI=1S/C8H10O4/c1-5(8(10)11-4)6(2)12-7(3)9/h1-2H2,3-4H3. The molecule has 4 nitrogen and oxygen atoms in total. The number of hydrogen-bond acceptors (Lipinski definition) is 4. The summed E-state index contributed by atoms with van der Waals surface area (Å²) in [5, 5.41) is 0. The number of carbonyl (C=O) groups excluding carboxylic acids is 2. The van der Waals surface area contributed by atoms with Crippen molar-refractivity contribution >= 4 is 11.9 Å². The Balaban J connectivity index is 4.21. The van der Waals surface area contributed by atoms with Crippen LogP contribution in [0.3, 0.4) is 0 Å². The zero-order valence-corrected chi connectivity index (χ0v) is 7.05. The Labute approximate surface area is 70.5 Å². The van der Waals surface area contributed by atoms with Gasteiger partial charge in [0.05, 0.1) is 12.7 Å². The van der Waals surface area contributed by atoms with Crippen LogP contribution in [0.1, 0.15) is 6.92 Å². The van der Waals surface area contributed by atoms with Crippen LogP contribution in [0, 0.1) is 0 Å². The molecule has 0 amide bonds. The molecule has 0 spiro atoms. The maximum atomic E-state index is 10.8. The van der Waals surface area contributed by atoms with E-state index in [1.807, 2.05) is 0 Å². The number of ether oxygens (including phenoxy) is 2. The van der Waals surface area contributed by atoms with Crippen LogP contribution in [-0.4, -0.2) is 19.0 Å². The number of esters is 2. The van der Waals surface area contributed by atoms with Crippen molar-refractivity contribution in [3.63, 3.8) is 0 Å². The molecule has 0 aromatic rings. The highest BCUT2D eigenvalue weighted by Crippen LogP contribution is 2.08. The molecule has 0 fully saturated rings. The summed E-state index contributed by atoms with van der Waals surface area (Å²) < 4.78 is 8.83. The summed E-state index contributed by atoms with van der Waals surface area (Å²) in [6, 6.07) is 0. The topological polar surface area (TPSA) is 52.6 Å². The van der Waals surface area contributed by atoms with Gasteiger partial charge in [0.2, 0.25) is 0 Å². The molecule has 0 aromatic heterocycles. The highest BCUT2D eigenvalue weighted by atomic mass is 16.5. The van der Waals surface area contributed by atoms with Crippen molar-refractivity contribution in [1.82, 2.24) is 0 Å². The summed E-state index contributed by atoms with van der Waals surface area (Å²) in [6.07, 6.45) is 0. The van der Waals surface area contributed by atoms with E-state index in [0.29, 0.717) is 0 Å². The Morgan fingerprint density at radius 1 is 1.25 bits per heavy atom. The van der Waals surface area contributed by atoms with Gasteiger partial charge in [-0.05, 0) is 0 Å². The Morgan fingerprint density at radius 3 is 2.08 bits per heavy atom. The van der Waals surface area contributed by atoms with Crippen LogP contribution in [-0.2, 0) is 19.1 Å². The van der Waals surface area contributed by atoms with Crippen LogP contribution in [0.15, 0.2) is 24.5 Å². The second-order valence-electron chi connectivity index (χ2n) is 1.99. The van der Waals surface area contributed by atoms with Gasteiger partial charge in [-0.25, -0.2) is 4.79 Å². The van der Waals surface area contributed by atoms with Crippen LogP contribution in [0.2, 0.25) is 0 Å². The maximum absolute atomic E-state index is 10.8. The first-order valence-corrected chi connectivity index (χ1v) is 3.14. The molecule has 0 heterocycles. The molecule has 66 valence electrons. The highest BCUT2D eigenvalue weighted by Gasteiger charge is 2.12. The Morgan fingerprint density at radius 2 is 1.75 bits per heavy atom. The van der Waals surface area contributed by atoms with Gasteiger partial charge < -0.3 is 9.47 Å². The van der Waals surface area contributed by atoms with E-state index < -0.39 is 11.9 Å². The molecule has 0 aromatic carbocycles. The fourth-order valence-corrected chi connectivity index (χ4v) is 0.472. The normalized spacial score (nSPS) is 8.50. The molecule has 0 aliphatic carbocycles. The van der Waals surface area contributed by atoms with Crippen molar-refractivity contribution in [2.45, 2.75) is 6.92 Å². The lowest BCUT2D eigenvalue weighted by atomic mass is 10.3. The summed E-state index contributed by atoms with van der Waals surface area (Å²) in [4.78, 5) is 21.2. The first-order valence-electron chi connectivity index (χ1n) is 3.14. The lowest BCUT2D eigenvalue weighted by Gasteiger charge is -2.05. The van der Waals surface area contributed by atoms with Gasteiger partial charge in [0, 0.05) is 6.92 Å². The fourth-order valence-electron chi connectivity index (χ4n) is 0.472. The second kappa shape index (κ2) is 4.33. The van der Waals surface area contributed by atoms with E-state index in [0.717, 1.165) is 0 Å². The monoisotopic (exact) mass is 170 g/mol. The van der Waals surface area contributed by atoms with Gasteiger partial charge in [-0.15, -0.1) is 0 Å². The van der Waals surface area contributed by atoms with E-state index in [9.17, 15) is 9.59 Å². The molecular formula is C8H10O4. The lowest BCUT2D eigenvalue weighted by Crippen LogP contribution is -2.09. The molecule has 12 heavy (non-hydrogen) atoms. The molecule has 0 radical (unpaired) electrons. The summed E-state index contributed by atoms with van der Waals surface area (Å²) in [7, 11) is 1.20. The first kappa shape index (κ1) is 10.4. The van der Waals surface area contributed by atoms with Crippen molar-refractivity contribution in [3.8, 4) is 0 Å². The fraction of sp³-hybridized carbons (Fsp3) is 0.250. The zero-order valence-electron chi connectivity index (χ0n) is 7.05. The molecule has 0 N–H and O–H groups in total. The number of hydrogen-bond donors (Lipinski definition) is 0. The van der Waals surface area contributed by atoms with Gasteiger partial charge in [0.15, 0.2) is 0 Å². The summed E-state index contributed by atoms with van der Waals surface area (Å²) in [6.45, 7) is 7.85. The average Bonchev–Trinajstić information content (AvgIpc) is 2.00. The van der Waals surface area contributed by atoms with Gasteiger partial charge in [0.1, 0.15) is 5.76 Å². The van der Waals surface area contributed by atoms with Crippen molar-refractivity contribution in [2.75, 3.05) is 7.11 Å². The van der Waals surface area contributed by atoms with E-state index in [1.165, 1.54) is 14.0 Å². The van der Waals surface area contributed by atoms with E-state index in [4.69, 9.17) is 0 Å². The number of rotatable bonds is 3. The number of carbonyl (C=O) groups is 2. The molecule has 0 bridgehead atoms. The van der Waals surface area contributed by atoms with Crippen molar-refractivity contribution in [2.24, 2.45) is 0 Å². The first-order chi connectivity index (χ1) is 5.49. The van der Waals surface area contributed by atoms with Gasteiger partial charge >= 0.3 is 11.9 Å². The predicted molar refractivity (Wildman–Crippen MR) is 42.1 cm³/mol. The zero-order chi connectivity index (χ0) is 9.72. The lowest BCUT2D eigenvalue weighted by molar-refractivity contribution is -0.138. The molecule has 4 heteroatoms. The molecule has 0 saturated heterocycles. The highest BCUT2D eigenvalue weighted by molar-refractivity contribution is 5.92. The van der Waals surface area contributed by atoms with Crippen molar-refractivity contribution < 1.29 is 19.1 Å². The van der Waals surface area contributed by atoms with Crippen LogP contribution in [0.4, 0.5) is 0 Å². The van der Waals surface area contributed by atoms with Crippen LogP contribution >= 0.6 is 0 Å². The quantitative estimate of drug-likeness (QED) is 0.272. The largest absolute Gasteiger partial charge is 0.465 e. The van der Waals surface area contributed by atoms with Crippen molar-refractivity contribution in [1.29, 1.82) is 0 Å². The second-order valence-corrected chi connectivity index (χ2v) is 1.99. The maximum Gasteiger partial charge on any atom is 0.341 e. The molecular weight excluding hydrogens is 160 g/mol. The van der Waals surface area contributed by atoms with Crippen LogP contribution in [0.25, 0.3) is 0 Å². The third-order valence-electron chi connectivity index (χ3n) is 1.04. The Bertz CT molecular complexity index is 239. The van der Waals surface area contributed by atoms with Gasteiger partial charge in [0.25, 0.3) is 0 Å². The number of methoxy groups -OCH3 is 1. The minimum atomic E-state index is -0.666. The Kier molecular flexibility index (Phi) is 3.76. The minimum Gasteiger partial charge on any atom is -0.465 e. The van der Waals surface area contributed by atoms with Gasteiger partial charge in [-0.2, -0.15) is 0 Å². The smallest absolute Gasteiger partial charge is 0.341 e. The summed E-state index contributed by atoms with van der Waals surface area (Å²) in [5.41, 5.74) is -0.0623. The van der Waals surface area contributed by atoms with E-state index in [-0.39, 0.29) is 11.3 Å². The van der Waals surface area contributed by atoms with E-state index in [1.54, 1.807) is 0 Å². The molecule has 0 rings (SSSR count). The molecule has 0 unspecified atom stereocenters. The van der Waals surface area contributed by atoms with Crippen molar-refractivity contribution in [3.05, 3.63) is 24.5 Å². The van der Waals surface area contributed by atoms with Crippen LogP contribution in [0.5, 0.6) is 0 Å². The third kappa shape index (κ3) is 3.01. The minimum absolute atomic E-state index is 0.0623. The SMILES string of the molecule is C=C(OC(C)=O)C(=C)C(=O)OC. The molecule has 0 aliphatic heterocycles. The van der Waals surface area contributed by atoms with Gasteiger partial charge in [-0.3, -0.25) is 4.79 Å². The summed E-state index contributed by atoms with van der Waals surface area (Å²) in [5.74, 6) is -1.30. The Hall–Kier alpha value is -1.58. The average molecular weight is 170 g/mol. The van der Waals surface area contributed by atoms with Gasteiger partial charge in [-0.1, -0.05) is 13.2 Å². The van der Waals surface area contributed by atoms with E-state index in [2.05, 4.69) is 22.6 Å². The van der Waals surface area contributed by atoms with E-state index >= 15 is 0 Å². The summed E-state index contributed by atoms with van der Waals surface area (Å²) >= 11 is 0. The third-order valence-corrected chi connectivity index (χ3v) is 1.04. The molecule has 0 saturated carbocycles. The predicted octanol–water partition coefficient (Wildman–Crippen LogP) is 0.792.